The van der Waals surface area contributed by atoms with Crippen LogP contribution in [0.15, 0.2) is 35.2 Å². The van der Waals surface area contributed by atoms with E-state index >= 15 is 0 Å². The van der Waals surface area contributed by atoms with Crippen molar-refractivity contribution in [3.63, 3.8) is 0 Å². The molecule has 3 rings (SSSR count). The van der Waals surface area contributed by atoms with Gasteiger partial charge in [0.15, 0.2) is 11.6 Å². The maximum atomic E-state index is 12.9. The largest absolute Gasteiger partial charge is 0.362 e. The summed E-state index contributed by atoms with van der Waals surface area (Å²) in [5.74, 6) is -0.136. The molecular weight excluding hydrogens is 378 g/mol. The maximum absolute atomic E-state index is 12.9. The minimum Gasteiger partial charge on any atom is -0.362 e. The number of aryl methyl sites for hydroxylation is 2. The third-order valence-corrected chi connectivity index (χ3v) is 6.92. The Hall–Kier alpha value is -2.29. The van der Waals surface area contributed by atoms with Crippen LogP contribution in [0.2, 0.25) is 0 Å². The van der Waals surface area contributed by atoms with Crippen molar-refractivity contribution in [3.05, 3.63) is 52.8 Å². The highest BCUT2D eigenvalue weighted by molar-refractivity contribution is 7.89. The molecule has 8 heteroatoms. The van der Waals surface area contributed by atoms with E-state index in [1.165, 1.54) is 23.4 Å². The second kappa shape index (κ2) is 7.98. The molecule has 0 saturated carbocycles. The normalized spacial score (nSPS) is 16.2. The fraction of sp³-hybridized carbons (Fsp3) is 0.400. The van der Waals surface area contributed by atoms with Crippen LogP contribution in [0.5, 0.6) is 0 Å². The van der Waals surface area contributed by atoms with Gasteiger partial charge in [0.25, 0.3) is 0 Å². The number of benzene rings is 1. The van der Waals surface area contributed by atoms with Gasteiger partial charge in [-0.15, -0.1) is 0 Å². The molecule has 150 valence electrons. The Balaban J connectivity index is 1.64. The lowest BCUT2D eigenvalue weighted by atomic mass is 10.1. The lowest BCUT2D eigenvalue weighted by molar-refractivity contribution is 0.0900. The van der Waals surface area contributed by atoms with Crippen molar-refractivity contribution in [1.82, 2.24) is 14.2 Å². The SMILES string of the molecule is CC(=O)c1cccc(S(=O)(=O)N2CCN(CC(=O)c3cc(C)[nH]c3C)CC2)c1. The van der Waals surface area contributed by atoms with Crippen molar-refractivity contribution in [2.24, 2.45) is 0 Å². The van der Waals surface area contributed by atoms with Gasteiger partial charge >= 0.3 is 0 Å². The average molecular weight is 404 g/mol. The number of hydrogen-bond donors (Lipinski definition) is 1. The molecule has 1 aromatic heterocycles. The monoisotopic (exact) mass is 403 g/mol. The average Bonchev–Trinajstić information content (AvgIpc) is 3.00. The summed E-state index contributed by atoms with van der Waals surface area (Å²) in [7, 11) is -3.66. The number of Topliss-reactive ketones (excluding diaryl/α,β-unsaturated/α-hetero) is 2. The van der Waals surface area contributed by atoms with Gasteiger partial charge in [-0.25, -0.2) is 8.42 Å². The molecule has 1 aliphatic heterocycles. The Labute approximate surface area is 165 Å². The van der Waals surface area contributed by atoms with E-state index in [1.807, 2.05) is 24.8 Å². The van der Waals surface area contributed by atoms with Crippen molar-refractivity contribution < 1.29 is 18.0 Å². The van der Waals surface area contributed by atoms with Gasteiger partial charge in [0.2, 0.25) is 10.0 Å². The first-order valence-electron chi connectivity index (χ1n) is 9.21. The topological polar surface area (TPSA) is 90.6 Å². The second-order valence-corrected chi connectivity index (χ2v) is 9.12. The number of piperazine rings is 1. The highest BCUT2D eigenvalue weighted by Gasteiger charge is 2.29. The van der Waals surface area contributed by atoms with E-state index in [9.17, 15) is 18.0 Å². The lowest BCUT2D eigenvalue weighted by Gasteiger charge is -2.33. The molecule has 0 unspecified atom stereocenters. The van der Waals surface area contributed by atoms with Crippen LogP contribution in [0.25, 0.3) is 0 Å². The van der Waals surface area contributed by atoms with E-state index in [0.717, 1.165) is 11.4 Å². The number of hydrogen-bond acceptors (Lipinski definition) is 5. The minimum absolute atomic E-state index is 0.0346. The van der Waals surface area contributed by atoms with Crippen LogP contribution in [0.1, 0.15) is 39.0 Å². The number of carbonyl (C=O) groups excluding carboxylic acids is 2. The third-order valence-electron chi connectivity index (χ3n) is 5.03. The zero-order valence-electron chi connectivity index (χ0n) is 16.4. The Bertz CT molecular complexity index is 1000. The Morgan fingerprint density at radius 1 is 1.07 bits per heavy atom. The molecule has 28 heavy (non-hydrogen) atoms. The summed E-state index contributed by atoms with van der Waals surface area (Å²) in [6.07, 6.45) is 0. The van der Waals surface area contributed by atoms with Crippen LogP contribution < -0.4 is 0 Å². The first kappa shape index (κ1) is 20.4. The number of nitrogens with one attached hydrogen (secondary N) is 1. The number of ketones is 2. The number of rotatable bonds is 6. The number of sulfonamides is 1. The molecule has 1 saturated heterocycles. The van der Waals surface area contributed by atoms with Crippen LogP contribution in [-0.2, 0) is 10.0 Å². The Morgan fingerprint density at radius 2 is 1.75 bits per heavy atom. The molecule has 0 atom stereocenters. The minimum atomic E-state index is -3.66. The zero-order chi connectivity index (χ0) is 20.5. The number of carbonyl (C=O) groups is 2. The number of aromatic nitrogens is 1. The molecule has 1 aromatic carbocycles. The van der Waals surface area contributed by atoms with E-state index in [4.69, 9.17) is 0 Å². The predicted octanol–water partition coefficient (Wildman–Crippen LogP) is 2.02. The Kier molecular flexibility index (Phi) is 5.83. The molecule has 0 aliphatic carbocycles. The predicted molar refractivity (Wildman–Crippen MR) is 106 cm³/mol. The summed E-state index contributed by atoms with van der Waals surface area (Å²) in [5.41, 5.74) is 2.87. The van der Waals surface area contributed by atoms with Gasteiger partial charge in [0, 0.05) is 48.7 Å². The smallest absolute Gasteiger partial charge is 0.243 e. The molecule has 2 aromatic rings. The van der Waals surface area contributed by atoms with Crippen LogP contribution >= 0.6 is 0 Å². The quantitative estimate of drug-likeness (QED) is 0.745. The zero-order valence-corrected chi connectivity index (χ0v) is 17.2. The molecule has 0 bridgehead atoms. The molecule has 0 spiro atoms. The molecular formula is C20H25N3O4S. The third kappa shape index (κ3) is 4.24. The molecule has 1 aliphatic rings. The number of H-pyrrole nitrogens is 1. The van der Waals surface area contributed by atoms with Crippen LogP contribution in [0.4, 0.5) is 0 Å². The van der Waals surface area contributed by atoms with Crippen LogP contribution in [-0.4, -0.2) is 66.9 Å². The van der Waals surface area contributed by atoms with Crippen molar-refractivity contribution in [2.75, 3.05) is 32.7 Å². The fourth-order valence-corrected chi connectivity index (χ4v) is 4.92. The van der Waals surface area contributed by atoms with Gasteiger partial charge in [-0.3, -0.25) is 14.5 Å². The van der Waals surface area contributed by atoms with Crippen LogP contribution in [0, 0.1) is 13.8 Å². The van der Waals surface area contributed by atoms with Gasteiger partial charge in [0.05, 0.1) is 11.4 Å². The van der Waals surface area contributed by atoms with E-state index in [2.05, 4.69) is 4.98 Å². The summed E-state index contributed by atoms with van der Waals surface area (Å²) in [5, 5.41) is 0. The van der Waals surface area contributed by atoms with Gasteiger partial charge < -0.3 is 4.98 Å². The van der Waals surface area contributed by atoms with Crippen molar-refractivity contribution in [1.29, 1.82) is 0 Å². The summed E-state index contributed by atoms with van der Waals surface area (Å²) in [4.78, 5) is 29.3. The van der Waals surface area contributed by atoms with Crippen molar-refractivity contribution in [2.45, 2.75) is 25.7 Å². The summed E-state index contributed by atoms with van der Waals surface area (Å²) in [6.45, 7) is 7.06. The van der Waals surface area contributed by atoms with Crippen molar-refractivity contribution in [3.8, 4) is 0 Å². The van der Waals surface area contributed by atoms with E-state index in [-0.39, 0.29) is 23.0 Å². The summed E-state index contributed by atoms with van der Waals surface area (Å²) < 4.78 is 27.2. The van der Waals surface area contributed by atoms with E-state index in [1.54, 1.807) is 12.1 Å². The molecule has 1 fully saturated rings. The summed E-state index contributed by atoms with van der Waals surface area (Å²) in [6, 6.07) is 7.97. The highest BCUT2D eigenvalue weighted by atomic mass is 32.2. The lowest BCUT2D eigenvalue weighted by Crippen LogP contribution is -2.49. The first-order valence-corrected chi connectivity index (χ1v) is 10.7. The molecule has 0 amide bonds. The number of nitrogens with zero attached hydrogens (tertiary/aromatic N) is 2. The fourth-order valence-electron chi connectivity index (χ4n) is 3.45. The van der Waals surface area contributed by atoms with Crippen LogP contribution in [0.3, 0.4) is 0 Å². The summed E-state index contributed by atoms with van der Waals surface area (Å²) >= 11 is 0. The second-order valence-electron chi connectivity index (χ2n) is 7.18. The number of aromatic amines is 1. The molecule has 1 N–H and O–H groups in total. The van der Waals surface area contributed by atoms with Crippen molar-refractivity contribution >= 4 is 21.6 Å². The van der Waals surface area contributed by atoms with E-state index < -0.39 is 10.0 Å². The van der Waals surface area contributed by atoms with E-state index in [0.29, 0.717) is 37.3 Å². The molecule has 2 heterocycles. The first-order chi connectivity index (χ1) is 13.2. The van der Waals surface area contributed by atoms with Gasteiger partial charge in [0.1, 0.15) is 0 Å². The van der Waals surface area contributed by atoms with Gasteiger partial charge in [-0.2, -0.15) is 4.31 Å². The van der Waals surface area contributed by atoms with Gasteiger partial charge in [-0.05, 0) is 39.0 Å². The highest BCUT2D eigenvalue weighted by Crippen LogP contribution is 2.19. The Morgan fingerprint density at radius 3 is 2.32 bits per heavy atom. The maximum Gasteiger partial charge on any atom is 0.243 e. The molecule has 0 radical (unpaired) electrons. The standard InChI is InChI=1S/C20H25N3O4S/c1-14-11-19(15(2)21-14)20(25)13-22-7-9-23(10-8-22)28(26,27)18-6-4-5-17(12-18)16(3)24/h4-6,11-12,21H,7-10,13H2,1-3H3. The van der Waals surface area contributed by atoms with Gasteiger partial charge in [-0.1, -0.05) is 12.1 Å². The molecule has 7 nitrogen and oxygen atoms in total.